The molecule has 2 aromatic carbocycles. The summed E-state index contributed by atoms with van der Waals surface area (Å²) in [6, 6.07) is 10.4. The Morgan fingerprint density at radius 3 is 2.56 bits per heavy atom. The van der Waals surface area contributed by atoms with E-state index in [0.29, 0.717) is 34.1 Å². The quantitative estimate of drug-likeness (QED) is 0.365. The molecule has 0 radical (unpaired) electrons. The first-order chi connectivity index (χ1) is 17.2. The van der Waals surface area contributed by atoms with E-state index in [4.69, 9.17) is 31.5 Å². The number of nitrogens with one attached hydrogen (secondary N) is 1. The lowest BCUT2D eigenvalue weighted by molar-refractivity contribution is 0.00440. The second kappa shape index (κ2) is 12.9. The molecule has 0 aliphatic carbocycles. The van der Waals surface area contributed by atoms with Gasteiger partial charge in [-0.05, 0) is 37.2 Å². The number of amides is 1. The van der Waals surface area contributed by atoms with Crippen LogP contribution >= 0.6 is 11.6 Å². The largest absolute Gasteiger partial charge is 0.496 e. The van der Waals surface area contributed by atoms with E-state index >= 15 is 0 Å². The van der Waals surface area contributed by atoms with Crippen LogP contribution in [0.4, 0.5) is 5.69 Å². The van der Waals surface area contributed by atoms with Gasteiger partial charge in [-0.25, -0.2) is 4.79 Å². The van der Waals surface area contributed by atoms with Crippen molar-refractivity contribution in [2.45, 2.75) is 25.1 Å². The zero-order chi connectivity index (χ0) is 26.2. The lowest BCUT2D eigenvalue weighted by Crippen LogP contribution is -2.55. The van der Waals surface area contributed by atoms with E-state index in [1.54, 1.807) is 25.3 Å². The molecule has 2 atom stereocenters. The number of hydrogen-bond donors (Lipinski definition) is 2. The van der Waals surface area contributed by atoms with Crippen molar-refractivity contribution in [3.63, 3.8) is 0 Å². The predicted molar refractivity (Wildman–Crippen MR) is 140 cm³/mol. The number of likely N-dealkylation sites (N-methyl/N-ethyl adjacent to an activating group) is 1. The van der Waals surface area contributed by atoms with Crippen LogP contribution in [0.2, 0.25) is 5.02 Å². The third-order valence-corrected chi connectivity index (χ3v) is 6.78. The van der Waals surface area contributed by atoms with Crippen LogP contribution in [0.1, 0.15) is 32.7 Å². The van der Waals surface area contributed by atoms with Gasteiger partial charge < -0.3 is 30.2 Å². The van der Waals surface area contributed by atoms with Crippen LogP contribution in [0.25, 0.3) is 0 Å². The second-order valence-electron chi connectivity index (χ2n) is 8.94. The first-order valence-corrected chi connectivity index (χ1v) is 12.2. The lowest BCUT2D eigenvalue weighted by Gasteiger charge is -2.38. The first kappa shape index (κ1) is 27.7. The summed E-state index contributed by atoms with van der Waals surface area (Å²) in [6.07, 6.45) is 0.614. The number of nitrogens with zero attached hydrogens (tertiary/aromatic N) is 2. The van der Waals surface area contributed by atoms with E-state index < -0.39 is 0 Å². The number of nitrogen functional groups attached to an aromatic ring is 1. The number of likely N-dealkylation sites (tertiary alicyclic amines) is 1. The maximum Gasteiger partial charge on any atom is 0.337 e. The number of carbonyl (C=O) groups is 2. The molecule has 1 aliphatic heterocycles. The molecule has 0 spiro atoms. The van der Waals surface area contributed by atoms with Gasteiger partial charge >= 0.3 is 5.97 Å². The highest BCUT2D eigenvalue weighted by Crippen LogP contribution is 2.29. The van der Waals surface area contributed by atoms with Crippen molar-refractivity contribution in [1.82, 2.24) is 15.1 Å². The molecule has 36 heavy (non-hydrogen) atoms. The Hall–Kier alpha value is -2.85. The smallest absolute Gasteiger partial charge is 0.337 e. The van der Waals surface area contributed by atoms with Crippen molar-refractivity contribution in [1.29, 1.82) is 0 Å². The van der Waals surface area contributed by atoms with Crippen LogP contribution in [0.3, 0.4) is 0 Å². The van der Waals surface area contributed by atoms with Gasteiger partial charge in [0.15, 0.2) is 0 Å². The normalized spacial score (nSPS) is 18.2. The van der Waals surface area contributed by atoms with Crippen molar-refractivity contribution in [3.8, 4) is 5.75 Å². The molecule has 0 aromatic heterocycles. The summed E-state index contributed by atoms with van der Waals surface area (Å²) in [4.78, 5) is 29.1. The highest BCUT2D eigenvalue weighted by Gasteiger charge is 2.31. The van der Waals surface area contributed by atoms with Crippen LogP contribution in [0, 0.1) is 0 Å². The summed E-state index contributed by atoms with van der Waals surface area (Å²) in [5.74, 6) is -0.227. The van der Waals surface area contributed by atoms with Crippen molar-refractivity contribution < 1.29 is 23.8 Å². The van der Waals surface area contributed by atoms with E-state index in [2.05, 4.69) is 22.2 Å². The number of hydrogen-bond acceptors (Lipinski definition) is 8. The number of rotatable bonds is 10. The van der Waals surface area contributed by atoms with E-state index in [9.17, 15) is 9.59 Å². The van der Waals surface area contributed by atoms with Gasteiger partial charge in [0.05, 0.1) is 48.2 Å². The maximum absolute atomic E-state index is 13.0. The number of anilines is 1. The topological polar surface area (TPSA) is 106 Å². The minimum atomic E-state index is -0.335. The third-order valence-electron chi connectivity index (χ3n) is 6.45. The van der Waals surface area contributed by atoms with Gasteiger partial charge in [-0.15, -0.1) is 0 Å². The molecule has 0 bridgehead atoms. The van der Waals surface area contributed by atoms with E-state index in [0.717, 1.165) is 38.2 Å². The summed E-state index contributed by atoms with van der Waals surface area (Å²) in [7, 11) is 6.60. The molecule has 9 nitrogen and oxygen atoms in total. The molecule has 196 valence electrons. The van der Waals surface area contributed by atoms with Crippen LogP contribution in [-0.2, 0) is 16.0 Å². The Morgan fingerprint density at radius 2 is 1.92 bits per heavy atom. The standard InChI is InChI=1S/C26H35ClN4O5/c1-30(15-17-5-7-18(8-6-17)26(33)36-4)11-12-31-10-9-22(24(16-31)35-3)29-25(32)19-13-20(27)21(28)14-23(19)34-2/h5-8,13-14,22,24H,9-12,15-16,28H2,1-4H3,(H,29,32)/t22-,24+/m1/s1. The van der Waals surface area contributed by atoms with Crippen LogP contribution in [0.15, 0.2) is 36.4 Å². The number of nitrogens with two attached hydrogens (primary N) is 1. The monoisotopic (exact) mass is 518 g/mol. The molecule has 2 aromatic rings. The Labute approximate surface area is 217 Å². The average Bonchev–Trinajstić information content (AvgIpc) is 2.89. The number of piperidine rings is 1. The molecule has 10 heteroatoms. The molecular weight excluding hydrogens is 484 g/mol. The molecule has 1 fully saturated rings. The van der Waals surface area contributed by atoms with Gasteiger partial charge in [-0.2, -0.15) is 0 Å². The summed E-state index contributed by atoms with van der Waals surface area (Å²) in [5.41, 5.74) is 8.20. The minimum Gasteiger partial charge on any atom is -0.496 e. The second-order valence-corrected chi connectivity index (χ2v) is 9.35. The number of benzene rings is 2. The lowest BCUT2D eigenvalue weighted by atomic mass is 10.0. The molecule has 1 saturated heterocycles. The summed E-state index contributed by atoms with van der Waals surface area (Å²) < 4.78 is 15.8. The molecular formula is C26H35ClN4O5. The van der Waals surface area contributed by atoms with Crippen molar-refractivity contribution in [2.75, 3.05) is 60.3 Å². The number of carbonyl (C=O) groups excluding carboxylic acids is 2. The van der Waals surface area contributed by atoms with Gasteiger partial charge in [-0.3, -0.25) is 9.69 Å². The van der Waals surface area contributed by atoms with Gasteiger partial charge in [0, 0.05) is 45.9 Å². The third kappa shape index (κ3) is 7.10. The minimum absolute atomic E-state index is 0.133. The molecule has 0 unspecified atom stereocenters. The Bertz CT molecular complexity index is 1050. The fraction of sp³-hybridized carbons (Fsp3) is 0.462. The number of methoxy groups -OCH3 is 3. The van der Waals surface area contributed by atoms with E-state index in [1.807, 2.05) is 12.1 Å². The Balaban J connectivity index is 1.50. The summed E-state index contributed by atoms with van der Waals surface area (Å²) in [5, 5.41) is 3.39. The fourth-order valence-corrected chi connectivity index (χ4v) is 4.48. The fourth-order valence-electron chi connectivity index (χ4n) is 4.32. The van der Waals surface area contributed by atoms with Crippen molar-refractivity contribution >= 4 is 29.2 Å². The van der Waals surface area contributed by atoms with Crippen LogP contribution in [0.5, 0.6) is 5.75 Å². The maximum atomic E-state index is 13.0. The van der Waals surface area contributed by atoms with Gasteiger partial charge in [-0.1, -0.05) is 23.7 Å². The molecule has 3 N–H and O–H groups in total. The van der Waals surface area contributed by atoms with Gasteiger partial charge in [0.25, 0.3) is 5.91 Å². The summed E-state index contributed by atoms with van der Waals surface area (Å²) >= 11 is 6.13. The SMILES string of the molecule is COC(=O)c1ccc(CN(C)CCN2CC[C@@H](NC(=O)c3cc(Cl)c(N)cc3OC)[C@@H](OC)C2)cc1. The van der Waals surface area contributed by atoms with Gasteiger partial charge in [0.1, 0.15) is 5.75 Å². The van der Waals surface area contributed by atoms with E-state index in [1.165, 1.54) is 20.3 Å². The number of halogens is 1. The highest BCUT2D eigenvalue weighted by molar-refractivity contribution is 6.33. The van der Waals surface area contributed by atoms with Crippen LogP contribution < -0.4 is 15.8 Å². The zero-order valence-corrected chi connectivity index (χ0v) is 22.0. The average molecular weight is 519 g/mol. The van der Waals surface area contributed by atoms with Gasteiger partial charge in [0.2, 0.25) is 0 Å². The molecule has 1 amide bonds. The highest BCUT2D eigenvalue weighted by atomic mass is 35.5. The number of ether oxygens (including phenoxy) is 3. The number of esters is 1. The molecule has 1 heterocycles. The van der Waals surface area contributed by atoms with Crippen LogP contribution in [-0.4, -0.2) is 88.4 Å². The summed E-state index contributed by atoms with van der Waals surface area (Å²) in [6.45, 7) is 4.06. The zero-order valence-electron chi connectivity index (χ0n) is 21.3. The Morgan fingerprint density at radius 1 is 1.19 bits per heavy atom. The Kier molecular flexibility index (Phi) is 9.95. The molecule has 1 aliphatic rings. The van der Waals surface area contributed by atoms with Crippen molar-refractivity contribution in [3.05, 3.63) is 58.1 Å². The van der Waals surface area contributed by atoms with E-state index in [-0.39, 0.29) is 24.0 Å². The predicted octanol–water partition coefficient (Wildman–Crippen LogP) is 2.67. The first-order valence-electron chi connectivity index (χ1n) is 11.8. The molecule has 3 rings (SSSR count). The molecule has 0 saturated carbocycles. The van der Waals surface area contributed by atoms with Crippen molar-refractivity contribution in [2.24, 2.45) is 0 Å².